The van der Waals surface area contributed by atoms with Crippen LogP contribution in [0.15, 0.2) is 71.3 Å². The van der Waals surface area contributed by atoms with Crippen molar-refractivity contribution in [3.05, 3.63) is 88.3 Å². The van der Waals surface area contributed by atoms with Crippen molar-refractivity contribution < 1.29 is 18.7 Å². The first-order valence-corrected chi connectivity index (χ1v) is 10.8. The Morgan fingerprint density at radius 1 is 1.06 bits per heavy atom. The minimum Gasteiger partial charge on any atom is -0.439 e. The number of hydrogen-bond donors (Lipinski definition) is 1. The Hall–Kier alpha value is -2.77. The predicted octanol–water partition coefficient (Wildman–Crippen LogP) is 5.14. The maximum absolute atomic E-state index is 13.3. The minimum absolute atomic E-state index is 0.00948. The number of nitrogens with zero attached hydrogens (tertiary/aromatic N) is 1. The van der Waals surface area contributed by atoms with Crippen LogP contribution in [0.25, 0.3) is 0 Å². The van der Waals surface area contributed by atoms with Crippen LogP contribution >= 0.6 is 15.9 Å². The second-order valence-electron chi connectivity index (χ2n) is 7.44. The first-order chi connectivity index (χ1) is 15.0. The highest BCUT2D eigenvalue weighted by atomic mass is 79.9. The van der Waals surface area contributed by atoms with E-state index in [0.29, 0.717) is 44.2 Å². The molecule has 1 aliphatic rings. The Labute approximate surface area is 188 Å². The molecule has 7 heteroatoms. The van der Waals surface area contributed by atoms with Crippen molar-refractivity contribution in [2.45, 2.75) is 24.8 Å². The molecule has 1 N–H and O–H groups in total. The SMILES string of the molecule is O=C(NCc1ccc(Oc2ccc(F)cc2)nc1)C1(c2ccc(Br)cc2)CCOCC1. The smallest absolute Gasteiger partial charge is 0.231 e. The van der Waals surface area contributed by atoms with E-state index in [1.807, 2.05) is 30.3 Å². The normalized spacial score (nSPS) is 15.3. The molecule has 5 nitrogen and oxygen atoms in total. The molecule has 4 rings (SSSR count). The fourth-order valence-electron chi connectivity index (χ4n) is 3.69. The van der Waals surface area contributed by atoms with Crippen molar-refractivity contribution in [1.29, 1.82) is 0 Å². The van der Waals surface area contributed by atoms with Gasteiger partial charge in [-0.05, 0) is 60.4 Å². The largest absolute Gasteiger partial charge is 0.439 e. The van der Waals surface area contributed by atoms with Gasteiger partial charge in [0.15, 0.2) is 0 Å². The van der Waals surface area contributed by atoms with Crippen molar-refractivity contribution in [3.8, 4) is 11.6 Å². The molecule has 0 bridgehead atoms. The molecule has 2 heterocycles. The van der Waals surface area contributed by atoms with Crippen molar-refractivity contribution >= 4 is 21.8 Å². The van der Waals surface area contributed by atoms with Crippen LogP contribution in [-0.4, -0.2) is 24.1 Å². The summed E-state index contributed by atoms with van der Waals surface area (Å²) >= 11 is 3.46. The highest BCUT2D eigenvalue weighted by Crippen LogP contribution is 2.36. The zero-order valence-corrected chi connectivity index (χ0v) is 18.4. The molecule has 3 aromatic rings. The third-order valence-corrected chi connectivity index (χ3v) is 5.99. The van der Waals surface area contributed by atoms with Gasteiger partial charge in [-0.1, -0.05) is 34.1 Å². The third kappa shape index (κ3) is 5.11. The van der Waals surface area contributed by atoms with Crippen LogP contribution in [0, 0.1) is 5.82 Å². The quantitative estimate of drug-likeness (QED) is 0.526. The summed E-state index contributed by atoms with van der Waals surface area (Å²) in [5.74, 6) is 0.574. The number of hydrogen-bond acceptors (Lipinski definition) is 4. The van der Waals surface area contributed by atoms with Gasteiger partial charge in [0, 0.05) is 36.5 Å². The van der Waals surface area contributed by atoms with E-state index < -0.39 is 5.41 Å². The Kier molecular flexibility index (Phi) is 6.63. The van der Waals surface area contributed by atoms with Gasteiger partial charge in [-0.3, -0.25) is 4.79 Å². The first-order valence-electron chi connectivity index (χ1n) is 10.1. The van der Waals surface area contributed by atoms with Gasteiger partial charge in [-0.25, -0.2) is 9.37 Å². The van der Waals surface area contributed by atoms with E-state index in [0.717, 1.165) is 15.6 Å². The highest BCUT2D eigenvalue weighted by Gasteiger charge is 2.41. The first kappa shape index (κ1) is 21.5. The van der Waals surface area contributed by atoms with E-state index in [-0.39, 0.29) is 11.7 Å². The Balaban J connectivity index is 1.41. The summed E-state index contributed by atoms with van der Waals surface area (Å²) < 4.78 is 25.1. The summed E-state index contributed by atoms with van der Waals surface area (Å²) in [6.45, 7) is 1.47. The molecule has 1 saturated heterocycles. The summed E-state index contributed by atoms with van der Waals surface area (Å²) in [5.41, 5.74) is 1.26. The van der Waals surface area contributed by atoms with E-state index in [1.54, 1.807) is 24.4 Å². The van der Waals surface area contributed by atoms with Gasteiger partial charge in [0.2, 0.25) is 11.8 Å². The summed E-state index contributed by atoms with van der Waals surface area (Å²) in [6.07, 6.45) is 2.95. The molecular weight excluding hydrogens is 463 g/mol. The van der Waals surface area contributed by atoms with Crippen LogP contribution in [-0.2, 0) is 21.5 Å². The number of pyridine rings is 1. The van der Waals surface area contributed by atoms with Crippen LogP contribution in [0.1, 0.15) is 24.0 Å². The fourth-order valence-corrected chi connectivity index (χ4v) is 3.95. The second-order valence-corrected chi connectivity index (χ2v) is 8.36. The van der Waals surface area contributed by atoms with Crippen LogP contribution in [0.4, 0.5) is 4.39 Å². The zero-order valence-electron chi connectivity index (χ0n) is 16.8. The molecule has 0 aliphatic carbocycles. The van der Waals surface area contributed by atoms with Gasteiger partial charge >= 0.3 is 0 Å². The van der Waals surface area contributed by atoms with Gasteiger partial charge in [-0.2, -0.15) is 0 Å². The molecule has 1 aliphatic heterocycles. The standard InChI is InChI=1S/C24H22BrFN2O3/c25-19-4-2-18(3-5-19)24(11-13-30-14-12-24)23(29)28-16-17-1-10-22(27-15-17)31-21-8-6-20(26)7-9-21/h1-10,15H,11-14,16H2,(H,28,29). The van der Waals surface area contributed by atoms with Crippen molar-refractivity contribution in [3.63, 3.8) is 0 Å². The molecule has 0 radical (unpaired) electrons. The Bertz CT molecular complexity index is 1020. The molecule has 31 heavy (non-hydrogen) atoms. The molecule has 0 atom stereocenters. The van der Waals surface area contributed by atoms with Crippen LogP contribution < -0.4 is 10.1 Å². The number of halogens is 2. The predicted molar refractivity (Wildman–Crippen MR) is 118 cm³/mol. The summed E-state index contributed by atoms with van der Waals surface area (Å²) in [5, 5.41) is 3.07. The van der Waals surface area contributed by atoms with Gasteiger partial charge < -0.3 is 14.8 Å². The van der Waals surface area contributed by atoms with E-state index in [2.05, 4.69) is 26.2 Å². The summed E-state index contributed by atoms with van der Waals surface area (Å²) in [7, 11) is 0. The number of carbonyl (C=O) groups excluding carboxylic acids is 1. The number of carbonyl (C=O) groups is 1. The summed E-state index contributed by atoms with van der Waals surface area (Å²) in [6, 6.07) is 17.2. The molecule has 0 unspecified atom stereocenters. The van der Waals surface area contributed by atoms with E-state index >= 15 is 0 Å². The van der Waals surface area contributed by atoms with Crippen LogP contribution in [0.3, 0.4) is 0 Å². The molecule has 1 amide bonds. The zero-order chi connectivity index (χ0) is 21.7. The minimum atomic E-state index is -0.599. The van der Waals surface area contributed by atoms with Gasteiger partial charge in [-0.15, -0.1) is 0 Å². The topological polar surface area (TPSA) is 60.5 Å². The van der Waals surface area contributed by atoms with Crippen LogP contribution in [0.2, 0.25) is 0 Å². The molecule has 2 aromatic carbocycles. The Morgan fingerprint density at radius 2 is 1.77 bits per heavy atom. The lowest BCUT2D eigenvalue weighted by atomic mass is 9.73. The number of ether oxygens (including phenoxy) is 2. The lowest BCUT2D eigenvalue weighted by molar-refractivity contribution is -0.130. The average molecular weight is 485 g/mol. The van der Waals surface area contributed by atoms with Gasteiger partial charge in [0.05, 0.1) is 5.41 Å². The van der Waals surface area contributed by atoms with Crippen LogP contribution in [0.5, 0.6) is 11.6 Å². The Morgan fingerprint density at radius 3 is 2.42 bits per heavy atom. The number of aromatic nitrogens is 1. The molecule has 0 saturated carbocycles. The third-order valence-electron chi connectivity index (χ3n) is 5.46. The summed E-state index contributed by atoms with van der Waals surface area (Å²) in [4.78, 5) is 17.5. The van der Waals surface area contributed by atoms with E-state index in [4.69, 9.17) is 9.47 Å². The molecule has 160 valence electrons. The number of nitrogens with one attached hydrogen (secondary N) is 1. The molecule has 0 spiro atoms. The highest BCUT2D eigenvalue weighted by molar-refractivity contribution is 9.10. The number of amides is 1. The number of benzene rings is 2. The second kappa shape index (κ2) is 9.58. The van der Waals surface area contributed by atoms with E-state index in [9.17, 15) is 9.18 Å². The van der Waals surface area contributed by atoms with Crippen molar-refractivity contribution in [1.82, 2.24) is 10.3 Å². The molecular formula is C24H22BrFN2O3. The lowest BCUT2D eigenvalue weighted by Gasteiger charge is -2.36. The number of rotatable bonds is 6. The molecule has 1 aromatic heterocycles. The lowest BCUT2D eigenvalue weighted by Crippen LogP contribution is -2.47. The fraction of sp³-hybridized carbons (Fsp3) is 0.250. The van der Waals surface area contributed by atoms with Gasteiger partial charge in [0.25, 0.3) is 0 Å². The van der Waals surface area contributed by atoms with E-state index in [1.165, 1.54) is 12.1 Å². The van der Waals surface area contributed by atoms with Crippen molar-refractivity contribution in [2.24, 2.45) is 0 Å². The molecule has 1 fully saturated rings. The van der Waals surface area contributed by atoms with Crippen molar-refractivity contribution in [2.75, 3.05) is 13.2 Å². The van der Waals surface area contributed by atoms with Gasteiger partial charge in [0.1, 0.15) is 11.6 Å². The average Bonchev–Trinajstić information content (AvgIpc) is 2.81. The monoisotopic (exact) mass is 484 g/mol. The maximum Gasteiger partial charge on any atom is 0.231 e. The maximum atomic E-state index is 13.3.